The van der Waals surface area contributed by atoms with E-state index >= 15 is 0 Å². The van der Waals surface area contributed by atoms with Gasteiger partial charge in [-0.05, 0) is 322 Å². The molecule has 670 valence electrons. The van der Waals surface area contributed by atoms with Gasteiger partial charge in [-0.1, -0.05) is 202 Å². The summed E-state index contributed by atoms with van der Waals surface area (Å²) in [6.07, 6.45) is 22.9. The van der Waals surface area contributed by atoms with E-state index in [1.165, 1.54) is 247 Å². The third kappa shape index (κ3) is 28.6. The molecule has 8 aromatic carbocycles. The Balaban J connectivity index is 0.000000161. The van der Waals surface area contributed by atoms with Crippen molar-refractivity contribution in [3.63, 3.8) is 0 Å². The maximum atomic E-state index is 14.9. The molecular weight excluding hydrogens is 1620 g/mol. The Bertz CT molecular complexity index is 4480. The van der Waals surface area contributed by atoms with Gasteiger partial charge < -0.3 is 18.9 Å². The Morgan fingerprint density at radius 1 is 0.252 bits per heavy atom. The topological polar surface area (TPSA) is 36.9 Å². The van der Waals surface area contributed by atoms with Crippen molar-refractivity contribution < 1.29 is 98.0 Å². The predicted molar refractivity (Wildman–Crippen MR) is 448 cm³/mol. The third-order valence-electron chi connectivity index (χ3n) is 27.0. The van der Waals surface area contributed by atoms with E-state index in [2.05, 4.69) is 58.8 Å². The number of ether oxygens (including phenoxy) is 4. The first-order valence-electron chi connectivity index (χ1n) is 44.7. The van der Waals surface area contributed by atoms with Crippen molar-refractivity contribution in [1.29, 1.82) is 0 Å². The number of unbranched alkanes of at least 4 members (excludes halogenated alkanes) is 1. The second-order valence-electron chi connectivity index (χ2n) is 35.2. The van der Waals surface area contributed by atoms with Gasteiger partial charge in [0, 0.05) is 5.56 Å². The van der Waals surface area contributed by atoms with Crippen LogP contribution in [0.15, 0.2) is 158 Å². The van der Waals surface area contributed by atoms with Gasteiger partial charge in [-0.3, -0.25) is 0 Å². The van der Waals surface area contributed by atoms with Gasteiger partial charge in [-0.25, -0.2) is 26.3 Å². The molecule has 22 heteroatoms. The molecule has 0 unspecified atom stereocenters. The quantitative estimate of drug-likeness (QED) is 0.0598. The van der Waals surface area contributed by atoms with Gasteiger partial charge in [-0.15, -0.1) is 52.7 Å². The van der Waals surface area contributed by atoms with E-state index in [1.54, 1.807) is 6.07 Å². The predicted octanol–water partition coefficient (Wildman–Crippen LogP) is 34.1. The maximum Gasteiger partial charge on any atom is 0.573 e. The second-order valence-corrected chi connectivity index (χ2v) is 35.2. The van der Waals surface area contributed by atoms with Gasteiger partial charge in [0.15, 0.2) is 23.2 Å². The van der Waals surface area contributed by atoms with E-state index in [1.807, 2.05) is 60.7 Å². The molecule has 6 aliphatic rings. The van der Waals surface area contributed by atoms with Crippen LogP contribution >= 0.6 is 0 Å². The minimum atomic E-state index is -5.25. The molecule has 0 radical (unpaired) electrons. The Morgan fingerprint density at radius 3 is 0.886 bits per heavy atom. The highest BCUT2D eigenvalue weighted by Gasteiger charge is 2.39. The van der Waals surface area contributed by atoms with Crippen LogP contribution in [0.2, 0.25) is 0 Å². The van der Waals surface area contributed by atoms with Gasteiger partial charge in [0.05, 0.1) is 5.56 Å². The SMILES string of the molecule is CCCC1CCC(C2CCC(c3ccc(OC(F)(F)F)cc3)CC2)CC1.CCCC1CCC(c2ccc(-c3cc(F)c(-c4ccc(OC(F)(F)F)c(F)c4)c(F)c3)cc2)CC1.CCCC1CCC(c2ccc(-c3ccc(-c4cc(F)c(OC(F)(F)F)c(F)c4)c(F)c3)cc2)CC1.CCCCC1CCC(C2CCC(c3ccc(OC(F)(F)F)cc3)CC2)CC1. The molecule has 0 bridgehead atoms. The van der Waals surface area contributed by atoms with Crippen LogP contribution in [0.25, 0.3) is 44.5 Å². The molecular formula is C101H116F18O4. The van der Waals surface area contributed by atoms with Crippen molar-refractivity contribution in [2.24, 2.45) is 47.3 Å². The number of hydrogen-bond acceptors (Lipinski definition) is 4. The zero-order valence-electron chi connectivity index (χ0n) is 70.7. The van der Waals surface area contributed by atoms with Crippen LogP contribution in [-0.2, 0) is 0 Å². The molecule has 0 spiro atoms. The lowest BCUT2D eigenvalue weighted by Crippen LogP contribution is -2.25. The molecule has 0 atom stereocenters. The molecule has 6 saturated carbocycles. The largest absolute Gasteiger partial charge is 0.573 e. The molecule has 0 N–H and O–H groups in total. The summed E-state index contributed by atoms with van der Waals surface area (Å²) in [5.41, 5.74) is 6.03. The van der Waals surface area contributed by atoms with Crippen LogP contribution in [0.4, 0.5) is 79.0 Å². The first-order valence-corrected chi connectivity index (χ1v) is 44.7. The summed E-state index contributed by atoms with van der Waals surface area (Å²) in [5.74, 6) is -0.929. The molecule has 8 aromatic rings. The number of hydrogen-bond donors (Lipinski definition) is 0. The van der Waals surface area contributed by atoms with E-state index < -0.39 is 77.4 Å². The number of benzene rings is 8. The van der Waals surface area contributed by atoms with Crippen molar-refractivity contribution >= 4 is 0 Å². The lowest BCUT2D eigenvalue weighted by molar-refractivity contribution is -0.277. The number of halogens is 18. The van der Waals surface area contributed by atoms with E-state index in [0.29, 0.717) is 64.6 Å². The highest BCUT2D eigenvalue weighted by molar-refractivity contribution is 5.74. The van der Waals surface area contributed by atoms with Gasteiger partial charge in [-0.2, -0.15) is 0 Å². The molecule has 6 aliphatic carbocycles. The summed E-state index contributed by atoms with van der Waals surface area (Å²) in [6.45, 7) is 9.00. The third-order valence-corrected chi connectivity index (χ3v) is 27.0. The van der Waals surface area contributed by atoms with E-state index in [0.717, 1.165) is 95.1 Å². The summed E-state index contributed by atoms with van der Waals surface area (Å²) in [7, 11) is 0. The average molecular weight is 1740 g/mol. The van der Waals surface area contributed by atoms with Crippen LogP contribution in [0.3, 0.4) is 0 Å². The lowest BCUT2D eigenvalue weighted by atomic mass is 9.68. The van der Waals surface area contributed by atoms with Crippen LogP contribution in [0, 0.1) is 82.2 Å². The van der Waals surface area contributed by atoms with Crippen LogP contribution in [0.1, 0.15) is 286 Å². The summed E-state index contributed by atoms with van der Waals surface area (Å²) in [4.78, 5) is 0. The van der Waals surface area contributed by atoms with E-state index in [9.17, 15) is 79.0 Å². The Morgan fingerprint density at radius 2 is 0.545 bits per heavy atom. The van der Waals surface area contributed by atoms with Crippen molar-refractivity contribution in [3.05, 3.63) is 215 Å². The molecule has 0 amide bonds. The Hall–Kier alpha value is -8.30. The maximum absolute atomic E-state index is 14.9. The fourth-order valence-electron chi connectivity index (χ4n) is 20.5. The summed E-state index contributed by atoms with van der Waals surface area (Å²) >= 11 is 0. The zero-order valence-corrected chi connectivity index (χ0v) is 70.7. The minimum absolute atomic E-state index is 0.125. The first kappa shape index (κ1) is 95.4. The molecule has 0 aromatic heterocycles. The molecule has 0 aliphatic heterocycles. The molecule has 0 saturated heterocycles. The fraction of sp³-hybridized carbons (Fsp3) is 0.525. The van der Waals surface area contributed by atoms with Crippen LogP contribution < -0.4 is 18.9 Å². The number of rotatable bonds is 23. The van der Waals surface area contributed by atoms with Gasteiger partial charge in [0.1, 0.15) is 29.0 Å². The highest BCUT2D eigenvalue weighted by Crippen LogP contribution is 2.49. The van der Waals surface area contributed by atoms with Crippen molar-refractivity contribution in [2.75, 3.05) is 0 Å². The van der Waals surface area contributed by atoms with Crippen LogP contribution in [0.5, 0.6) is 23.0 Å². The smallest absolute Gasteiger partial charge is 0.406 e. The molecule has 4 nitrogen and oxygen atoms in total. The Labute approximate surface area is 713 Å². The minimum Gasteiger partial charge on any atom is -0.406 e. The highest BCUT2D eigenvalue weighted by atomic mass is 19.4. The normalized spacial score (nSPS) is 23.4. The monoisotopic (exact) mass is 1730 g/mol. The fourth-order valence-corrected chi connectivity index (χ4v) is 20.5. The lowest BCUT2D eigenvalue weighted by Gasteiger charge is -2.38. The second kappa shape index (κ2) is 44.2. The molecule has 0 heterocycles. The Kier molecular flexibility index (Phi) is 34.3. The summed E-state index contributed by atoms with van der Waals surface area (Å²) in [5, 5.41) is 0. The van der Waals surface area contributed by atoms with Crippen molar-refractivity contribution in [1.82, 2.24) is 0 Å². The van der Waals surface area contributed by atoms with Gasteiger partial charge >= 0.3 is 25.4 Å². The average Bonchev–Trinajstić information content (AvgIpc) is 0.783. The standard InChI is InChI=1S/2C28H26F6O.C23H33F3O.C22H31F3O/c1-2-3-17-4-6-18(7-5-17)19-8-10-20(11-9-19)22-15-24(30)27(25(31)16-22)21-12-13-26(23(29)14-21)35-28(32,33)34;1-2-3-17-4-6-18(7-5-17)19-8-10-20(11-9-19)21-12-13-23(24(29)14-21)22-15-25(30)27(26(31)16-22)35-28(32,33)34;1-2-3-4-17-5-7-18(8-6-17)19-9-11-20(12-10-19)21-13-15-22(16-14-21)27-23(24,25)26;1-2-3-16-4-6-17(7-5-16)18-8-10-19(11-9-18)20-12-14-21(15-13-20)26-22(23,24)25/h2*8-18H,2-7H2,1H3;13-20H,2-12H2,1H3;12-19H,2-11H2,1H3. The summed E-state index contributed by atoms with van der Waals surface area (Å²) in [6, 6.07) is 38.7. The van der Waals surface area contributed by atoms with Gasteiger partial charge in [0.2, 0.25) is 5.75 Å². The molecule has 6 fully saturated rings. The molecule has 14 rings (SSSR count). The van der Waals surface area contributed by atoms with Gasteiger partial charge in [0.25, 0.3) is 0 Å². The number of alkyl halides is 12. The van der Waals surface area contributed by atoms with Crippen molar-refractivity contribution in [3.8, 4) is 67.5 Å². The van der Waals surface area contributed by atoms with E-state index in [-0.39, 0.29) is 28.2 Å². The van der Waals surface area contributed by atoms with Crippen LogP contribution in [-0.4, -0.2) is 25.4 Å². The van der Waals surface area contributed by atoms with Crippen molar-refractivity contribution in [2.45, 2.75) is 289 Å². The zero-order chi connectivity index (χ0) is 88.2. The summed E-state index contributed by atoms with van der Waals surface area (Å²) < 4.78 is 249. The first-order chi connectivity index (χ1) is 58.7. The molecule has 123 heavy (non-hydrogen) atoms. The van der Waals surface area contributed by atoms with E-state index in [4.69, 9.17) is 0 Å².